The van der Waals surface area contributed by atoms with Gasteiger partial charge in [-0.25, -0.2) is 0 Å². The molecule has 0 bridgehead atoms. The number of carbonyl (C=O) groups is 1. The van der Waals surface area contributed by atoms with Gasteiger partial charge in [0.1, 0.15) is 6.07 Å². The summed E-state index contributed by atoms with van der Waals surface area (Å²) in [7, 11) is 0. The maximum absolute atomic E-state index is 12.0. The van der Waals surface area contributed by atoms with Crippen molar-refractivity contribution in [3.8, 4) is 6.07 Å². The monoisotopic (exact) mass is 264 g/mol. The highest BCUT2D eigenvalue weighted by atomic mass is 35.5. The fourth-order valence-electron chi connectivity index (χ4n) is 1.95. The molecule has 18 heavy (non-hydrogen) atoms. The minimum Gasteiger partial charge on any atom is -0.378 e. The molecule has 1 aliphatic heterocycles. The molecule has 1 N–H and O–H groups in total. The van der Waals surface area contributed by atoms with Gasteiger partial charge in [-0.15, -0.1) is 0 Å². The average Bonchev–Trinajstić information content (AvgIpc) is 2.76. The summed E-state index contributed by atoms with van der Waals surface area (Å²) in [6.07, 6.45) is 0.810. The van der Waals surface area contributed by atoms with Crippen molar-refractivity contribution in [3.63, 3.8) is 0 Å². The lowest BCUT2D eigenvalue weighted by atomic mass is 10.1. The molecule has 1 fully saturated rings. The maximum Gasteiger partial charge on any atom is 0.229 e. The summed E-state index contributed by atoms with van der Waals surface area (Å²) in [6.45, 7) is 2.36. The van der Waals surface area contributed by atoms with Crippen LogP contribution < -0.4 is 5.32 Å². The molecule has 1 amide bonds. The Morgan fingerprint density at radius 2 is 2.39 bits per heavy atom. The van der Waals surface area contributed by atoms with Gasteiger partial charge in [-0.3, -0.25) is 4.79 Å². The van der Waals surface area contributed by atoms with Crippen LogP contribution in [0, 0.1) is 17.2 Å². The van der Waals surface area contributed by atoms with Gasteiger partial charge >= 0.3 is 0 Å². The Hall–Kier alpha value is -1.57. The van der Waals surface area contributed by atoms with E-state index in [2.05, 4.69) is 5.32 Å². The van der Waals surface area contributed by atoms with Crippen molar-refractivity contribution in [2.75, 3.05) is 11.9 Å². The molecule has 2 unspecified atom stereocenters. The molecule has 0 radical (unpaired) electrons. The molecule has 1 aliphatic rings. The number of hydrogen-bond donors (Lipinski definition) is 1. The quantitative estimate of drug-likeness (QED) is 0.893. The lowest BCUT2D eigenvalue weighted by molar-refractivity contribution is -0.119. The van der Waals surface area contributed by atoms with Crippen LogP contribution in [0.5, 0.6) is 0 Å². The molecule has 0 aliphatic carbocycles. The first-order chi connectivity index (χ1) is 8.60. The predicted octanol–water partition coefficient (Wildman–Crippen LogP) is 2.58. The van der Waals surface area contributed by atoms with E-state index in [-0.39, 0.29) is 17.9 Å². The molecule has 5 heteroatoms. The van der Waals surface area contributed by atoms with Crippen LogP contribution in [0.2, 0.25) is 5.02 Å². The van der Waals surface area contributed by atoms with Crippen molar-refractivity contribution in [1.82, 2.24) is 0 Å². The molecule has 1 aromatic carbocycles. The van der Waals surface area contributed by atoms with E-state index in [0.717, 1.165) is 0 Å². The number of halogens is 1. The van der Waals surface area contributed by atoms with Crippen molar-refractivity contribution in [3.05, 3.63) is 28.8 Å². The number of nitrogens with zero attached hydrogens (tertiary/aromatic N) is 1. The molecule has 1 aromatic rings. The van der Waals surface area contributed by atoms with Crippen LogP contribution in [0.15, 0.2) is 18.2 Å². The maximum atomic E-state index is 12.0. The highest BCUT2D eigenvalue weighted by Gasteiger charge is 2.28. The Bertz CT molecular complexity index is 510. The molecule has 4 nitrogen and oxygen atoms in total. The second-order valence-corrected chi connectivity index (χ2v) is 4.80. The Morgan fingerprint density at radius 3 is 3.00 bits per heavy atom. The Labute approximate surface area is 111 Å². The van der Waals surface area contributed by atoms with E-state index in [1.165, 1.54) is 0 Å². The Balaban J connectivity index is 2.12. The second-order valence-electron chi connectivity index (χ2n) is 4.37. The number of amides is 1. The molecule has 94 valence electrons. The van der Waals surface area contributed by atoms with E-state index in [4.69, 9.17) is 21.6 Å². The van der Waals surface area contributed by atoms with E-state index in [0.29, 0.717) is 29.3 Å². The molecular formula is C13H13ClN2O2. The van der Waals surface area contributed by atoms with Crippen LogP contribution in [0.25, 0.3) is 0 Å². The van der Waals surface area contributed by atoms with Crippen LogP contribution >= 0.6 is 11.6 Å². The van der Waals surface area contributed by atoms with Crippen LogP contribution in [-0.4, -0.2) is 18.6 Å². The lowest BCUT2D eigenvalue weighted by Gasteiger charge is -2.10. The summed E-state index contributed by atoms with van der Waals surface area (Å²) < 4.78 is 5.35. The fourth-order valence-corrected chi connectivity index (χ4v) is 2.12. The number of benzene rings is 1. The summed E-state index contributed by atoms with van der Waals surface area (Å²) >= 11 is 5.85. The third kappa shape index (κ3) is 2.81. The van der Waals surface area contributed by atoms with E-state index in [1.807, 2.05) is 13.0 Å². The average molecular weight is 265 g/mol. The molecule has 0 spiro atoms. The van der Waals surface area contributed by atoms with Crippen LogP contribution in [-0.2, 0) is 9.53 Å². The molecular weight excluding hydrogens is 252 g/mol. The first-order valence-corrected chi connectivity index (χ1v) is 6.10. The highest BCUT2D eigenvalue weighted by Crippen LogP contribution is 2.24. The molecule has 0 saturated carbocycles. The Kier molecular flexibility index (Phi) is 3.85. The zero-order chi connectivity index (χ0) is 13.1. The van der Waals surface area contributed by atoms with Crippen LogP contribution in [0.3, 0.4) is 0 Å². The van der Waals surface area contributed by atoms with Gasteiger partial charge in [0.05, 0.1) is 29.9 Å². The summed E-state index contributed by atoms with van der Waals surface area (Å²) in [5, 5.41) is 12.2. The van der Waals surface area contributed by atoms with Crippen molar-refractivity contribution in [2.45, 2.75) is 19.4 Å². The zero-order valence-corrected chi connectivity index (χ0v) is 10.7. The normalized spacial score (nSPS) is 22.5. The van der Waals surface area contributed by atoms with Crippen molar-refractivity contribution in [2.24, 2.45) is 5.92 Å². The topological polar surface area (TPSA) is 62.1 Å². The van der Waals surface area contributed by atoms with Gasteiger partial charge in [0, 0.05) is 5.02 Å². The number of nitrogens with one attached hydrogen (secondary N) is 1. The number of anilines is 1. The van der Waals surface area contributed by atoms with Gasteiger partial charge in [0.15, 0.2) is 0 Å². The minimum atomic E-state index is -0.162. The summed E-state index contributed by atoms with van der Waals surface area (Å²) in [6, 6.07) is 6.81. The summed E-state index contributed by atoms with van der Waals surface area (Å²) in [5.74, 6) is -0.288. The molecule has 1 heterocycles. The van der Waals surface area contributed by atoms with Gasteiger partial charge in [0.2, 0.25) is 5.91 Å². The molecule has 2 atom stereocenters. The largest absolute Gasteiger partial charge is 0.378 e. The van der Waals surface area contributed by atoms with Gasteiger partial charge in [0.25, 0.3) is 0 Å². The standard InChI is InChI=1S/C13H13ClN2O2/c1-8-4-10(7-18-8)13(17)16-12-5-11(14)3-2-9(12)6-15/h2-3,5,8,10H,4,7H2,1H3,(H,16,17). The molecule has 0 aromatic heterocycles. The lowest BCUT2D eigenvalue weighted by Crippen LogP contribution is -2.23. The zero-order valence-electron chi connectivity index (χ0n) is 9.94. The molecule has 2 rings (SSSR count). The van der Waals surface area contributed by atoms with Gasteiger partial charge in [-0.05, 0) is 31.5 Å². The van der Waals surface area contributed by atoms with E-state index >= 15 is 0 Å². The SMILES string of the molecule is CC1CC(C(=O)Nc2cc(Cl)ccc2C#N)CO1. The smallest absolute Gasteiger partial charge is 0.229 e. The van der Waals surface area contributed by atoms with Crippen LogP contribution in [0.4, 0.5) is 5.69 Å². The van der Waals surface area contributed by atoms with Crippen molar-refractivity contribution < 1.29 is 9.53 Å². The highest BCUT2D eigenvalue weighted by molar-refractivity contribution is 6.31. The Morgan fingerprint density at radius 1 is 1.61 bits per heavy atom. The van der Waals surface area contributed by atoms with Crippen molar-refractivity contribution in [1.29, 1.82) is 5.26 Å². The fraction of sp³-hybridized carbons (Fsp3) is 0.385. The third-order valence-electron chi connectivity index (χ3n) is 2.93. The number of nitriles is 1. The van der Waals surface area contributed by atoms with Crippen molar-refractivity contribution >= 4 is 23.2 Å². The number of hydrogen-bond acceptors (Lipinski definition) is 3. The number of ether oxygens (including phenoxy) is 1. The first kappa shape index (κ1) is 12.9. The van der Waals surface area contributed by atoms with Gasteiger partial charge in [-0.1, -0.05) is 11.6 Å². The second kappa shape index (κ2) is 5.38. The van der Waals surface area contributed by atoms with Crippen LogP contribution in [0.1, 0.15) is 18.9 Å². The number of carbonyl (C=O) groups excluding carboxylic acids is 1. The number of rotatable bonds is 2. The summed E-state index contributed by atoms with van der Waals surface area (Å²) in [5.41, 5.74) is 0.856. The van der Waals surface area contributed by atoms with E-state index < -0.39 is 0 Å². The van der Waals surface area contributed by atoms with E-state index in [9.17, 15) is 4.79 Å². The van der Waals surface area contributed by atoms with E-state index in [1.54, 1.807) is 18.2 Å². The third-order valence-corrected chi connectivity index (χ3v) is 3.16. The minimum absolute atomic E-state index is 0.107. The predicted molar refractivity (Wildman–Crippen MR) is 68.3 cm³/mol. The van der Waals surface area contributed by atoms with Gasteiger partial charge in [-0.2, -0.15) is 5.26 Å². The van der Waals surface area contributed by atoms with Gasteiger partial charge < -0.3 is 10.1 Å². The summed E-state index contributed by atoms with van der Waals surface area (Å²) in [4.78, 5) is 12.0. The first-order valence-electron chi connectivity index (χ1n) is 5.72. The molecule has 1 saturated heterocycles.